The molecule has 0 spiro atoms. The van der Waals surface area contributed by atoms with Crippen molar-refractivity contribution in [3.63, 3.8) is 0 Å². The van der Waals surface area contributed by atoms with Crippen LogP contribution in [0.2, 0.25) is 0 Å². The Hall–Kier alpha value is -1.11. The third-order valence-corrected chi connectivity index (χ3v) is 4.34. The summed E-state index contributed by atoms with van der Waals surface area (Å²) in [6.07, 6.45) is 6.60. The Balaban J connectivity index is 5.82. The summed E-state index contributed by atoms with van der Waals surface area (Å²) in [6.45, 7) is 19.9. The molecule has 0 fully saturated rings. The van der Waals surface area contributed by atoms with Crippen molar-refractivity contribution in [1.82, 2.24) is 0 Å². The molecule has 0 heterocycles. The van der Waals surface area contributed by atoms with Crippen LogP contribution in [0.15, 0.2) is 39.6 Å². The normalized spacial score (nSPS) is 17.1. The van der Waals surface area contributed by atoms with Gasteiger partial charge in [-0.1, -0.05) is 58.3 Å². The van der Waals surface area contributed by atoms with Crippen LogP contribution in [-0.4, -0.2) is 5.71 Å². The molecule has 0 rings (SSSR count). The van der Waals surface area contributed by atoms with Crippen LogP contribution < -0.4 is 0 Å². The van der Waals surface area contributed by atoms with Gasteiger partial charge in [-0.3, -0.25) is 4.99 Å². The van der Waals surface area contributed by atoms with Crippen LogP contribution in [0.5, 0.6) is 0 Å². The van der Waals surface area contributed by atoms with E-state index < -0.39 is 0 Å². The summed E-state index contributed by atoms with van der Waals surface area (Å²) in [5.41, 5.74) is 6.51. The largest absolute Gasteiger partial charge is 0.256 e. The van der Waals surface area contributed by atoms with Gasteiger partial charge in [0.15, 0.2) is 0 Å². The molecular formula is C20H35N. The molecule has 0 aromatic carbocycles. The zero-order valence-corrected chi connectivity index (χ0v) is 15.7. The van der Waals surface area contributed by atoms with E-state index in [9.17, 15) is 0 Å². The fraction of sp³-hybridized carbons (Fsp3) is 0.650. The maximum Gasteiger partial charge on any atom is 0.0684 e. The van der Waals surface area contributed by atoms with Gasteiger partial charge in [0, 0.05) is 6.20 Å². The van der Waals surface area contributed by atoms with Gasteiger partial charge in [-0.15, -0.1) is 0 Å². The van der Waals surface area contributed by atoms with E-state index in [-0.39, 0.29) is 0 Å². The Morgan fingerprint density at radius 3 is 2.00 bits per heavy atom. The van der Waals surface area contributed by atoms with Gasteiger partial charge in [0.2, 0.25) is 0 Å². The van der Waals surface area contributed by atoms with Gasteiger partial charge in [-0.2, -0.15) is 0 Å². The molecule has 0 aliphatic heterocycles. The Labute approximate surface area is 132 Å². The van der Waals surface area contributed by atoms with E-state index in [1.165, 1.54) is 28.7 Å². The molecule has 1 unspecified atom stereocenters. The molecule has 1 nitrogen and oxygen atoms in total. The molecule has 0 aliphatic carbocycles. The number of rotatable bonds is 7. The third-order valence-electron chi connectivity index (χ3n) is 4.34. The highest BCUT2D eigenvalue weighted by Crippen LogP contribution is 2.20. The summed E-state index contributed by atoms with van der Waals surface area (Å²) in [5.74, 6) is 1.15. The Kier molecular flexibility index (Phi) is 9.24. The van der Waals surface area contributed by atoms with Crippen molar-refractivity contribution in [2.75, 3.05) is 0 Å². The van der Waals surface area contributed by atoms with Crippen molar-refractivity contribution in [2.45, 2.75) is 75.2 Å². The maximum atomic E-state index is 4.81. The van der Waals surface area contributed by atoms with Gasteiger partial charge in [0.05, 0.1) is 5.71 Å². The summed E-state index contributed by atoms with van der Waals surface area (Å²) in [7, 11) is 0. The van der Waals surface area contributed by atoms with Gasteiger partial charge in [0.25, 0.3) is 0 Å². The van der Waals surface area contributed by atoms with Gasteiger partial charge in [-0.25, -0.2) is 0 Å². The lowest BCUT2D eigenvalue weighted by Crippen LogP contribution is -2.08. The number of nitrogens with zero attached hydrogens (tertiary/aromatic N) is 1. The fourth-order valence-corrected chi connectivity index (χ4v) is 2.00. The summed E-state index contributed by atoms with van der Waals surface area (Å²) >= 11 is 0. The first-order valence-electron chi connectivity index (χ1n) is 8.34. The minimum absolute atomic E-state index is 0.558. The van der Waals surface area contributed by atoms with E-state index in [1.54, 1.807) is 0 Å². The molecule has 0 aliphatic rings. The highest BCUT2D eigenvalue weighted by Gasteiger charge is 2.11. The van der Waals surface area contributed by atoms with E-state index in [1.807, 2.05) is 6.20 Å². The first kappa shape index (κ1) is 19.9. The van der Waals surface area contributed by atoms with Gasteiger partial charge in [0.1, 0.15) is 0 Å². The van der Waals surface area contributed by atoms with Crippen LogP contribution in [0.3, 0.4) is 0 Å². The van der Waals surface area contributed by atoms with Crippen molar-refractivity contribution < 1.29 is 0 Å². The molecule has 0 saturated carbocycles. The molecule has 0 N–H and O–H groups in total. The summed E-state index contributed by atoms with van der Waals surface area (Å²) < 4.78 is 0. The van der Waals surface area contributed by atoms with E-state index >= 15 is 0 Å². The van der Waals surface area contributed by atoms with Gasteiger partial charge < -0.3 is 0 Å². The number of allylic oxidation sites excluding steroid dienone is 5. The predicted octanol–water partition coefficient (Wildman–Crippen LogP) is 6.73. The molecule has 0 amide bonds. The minimum atomic E-state index is 0.558. The second-order valence-electron chi connectivity index (χ2n) is 6.50. The van der Waals surface area contributed by atoms with Crippen molar-refractivity contribution >= 4 is 5.71 Å². The number of aliphatic imine (C=N–C) groups is 1. The third kappa shape index (κ3) is 6.93. The molecule has 0 saturated heterocycles. The average Bonchev–Trinajstić information content (AvgIpc) is 2.45. The zero-order chi connectivity index (χ0) is 16.6. The van der Waals surface area contributed by atoms with E-state index in [0.29, 0.717) is 11.8 Å². The fourth-order valence-electron chi connectivity index (χ4n) is 2.00. The van der Waals surface area contributed by atoms with Crippen molar-refractivity contribution in [2.24, 2.45) is 16.8 Å². The molecule has 120 valence electrons. The average molecular weight is 290 g/mol. The topological polar surface area (TPSA) is 12.4 Å². The SMILES string of the molecule is CC/C(C)=C/N=C(C(/C)=C\C(C)CC)\C(C)=C(/C)C(C)C. The van der Waals surface area contributed by atoms with Crippen LogP contribution in [0, 0.1) is 11.8 Å². The smallest absolute Gasteiger partial charge is 0.0684 e. The van der Waals surface area contributed by atoms with Crippen LogP contribution in [0.25, 0.3) is 0 Å². The summed E-state index contributed by atoms with van der Waals surface area (Å²) in [5, 5.41) is 0. The molecule has 0 radical (unpaired) electrons. The lowest BCUT2D eigenvalue weighted by atomic mass is 9.92. The lowest BCUT2D eigenvalue weighted by molar-refractivity contribution is 0.695. The molecule has 0 bridgehead atoms. The Bertz CT molecular complexity index is 444. The number of hydrogen-bond acceptors (Lipinski definition) is 1. The van der Waals surface area contributed by atoms with E-state index in [0.717, 1.165) is 12.1 Å². The first-order chi connectivity index (χ1) is 9.74. The predicted molar refractivity (Wildman–Crippen MR) is 97.9 cm³/mol. The van der Waals surface area contributed by atoms with Crippen LogP contribution >= 0.6 is 0 Å². The minimum Gasteiger partial charge on any atom is -0.256 e. The van der Waals surface area contributed by atoms with E-state index in [4.69, 9.17) is 4.99 Å². The first-order valence-corrected chi connectivity index (χ1v) is 8.34. The maximum absolute atomic E-state index is 4.81. The highest BCUT2D eigenvalue weighted by atomic mass is 14.7. The van der Waals surface area contributed by atoms with Gasteiger partial charge >= 0.3 is 0 Å². The zero-order valence-electron chi connectivity index (χ0n) is 15.7. The molecule has 1 heteroatoms. The second-order valence-corrected chi connectivity index (χ2v) is 6.50. The number of hydrogen-bond donors (Lipinski definition) is 0. The monoisotopic (exact) mass is 289 g/mol. The van der Waals surface area contributed by atoms with Crippen molar-refractivity contribution in [1.29, 1.82) is 0 Å². The Morgan fingerprint density at radius 1 is 1.00 bits per heavy atom. The van der Waals surface area contributed by atoms with Crippen molar-refractivity contribution in [3.05, 3.63) is 34.6 Å². The molecule has 21 heavy (non-hydrogen) atoms. The second kappa shape index (κ2) is 9.76. The quantitative estimate of drug-likeness (QED) is 0.461. The molecule has 0 aromatic rings. The molecule has 0 aromatic heterocycles. The lowest BCUT2D eigenvalue weighted by Gasteiger charge is -2.15. The van der Waals surface area contributed by atoms with Crippen LogP contribution in [-0.2, 0) is 0 Å². The highest BCUT2D eigenvalue weighted by molar-refractivity contribution is 6.12. The Morgan fingerprint density at radius 2 is 1.57 bits per heavy atom. The molecule has 1 atom stereocenters. The standard InChI is InChI=1S/C20H35N/c1-10-15(5)12-17(7)20(21-13-16(6)11-2)19(9)18(8)14(3)4/h12-15H,10-11H2,1-9H3/b16-13+,17-12-,19-18+,21-20-. The molecular weight excluding hydrogens is 254 g/mol. The van der Waals surface area contributed by atoms with Crippen molar-refractivity contribution in [3.8, 4) is 0 Å². The summed E-state index contributed by atoms with van der Waals surface area (Å²) in [6, 6.07) is 0. The summed E-state index contributed by atoms with van der Waals surface area (Å²) in [4.78, 5) is 4.81. The van der Waals surface area contributed by atoms with Gasteiger partial charge in [-0.05, 0) is 57.1 Å². The van der Waals surface area contributed by atoms with Crippen LogP contribution in [0.4, 0.5) is 0 Å². The van der Waals surface area contributed by atoms with Crippen LogP contribution in [0.1, 0.15) is 75.2 Å². The van der Waals surface area contributed by atoms with E-state index in [2.05, 4.69) is 68.4 Å².